The fourth-order valence-corrected chi connectivity index (χ4v) is 3.35. The second-order valence-electron chi connectivity index (χ2n) is 5.22. The second-order valence-corrected chi connectivity index (χ2v) is 6.90. The monoisotopic (exact) mass is 388 g/mol. The maximum absolute atomic E-state index is 12.5. The van der Waals surface area contributed by atoms with Crippen LogP contribution < -0.4 is 5.43 Å². The number of hydrogen-bond acceptors (Lipinski definition) is 7. The van der Waals surface area contributed by atoms with Gasteiger partial charge in [-0.15, -0.1) is 0 Å². The van der Waals surface area contributed by atoms with Gasteiger partial charge in [0, 0.05) is 0 Å². The standard InChI is InChI=1S/C17H12N2O5S2/c20-11-4-2-1-3-10(11)15(23)18-19-16(24)14(26-17(19)25)8-9-5-6-12(21)13(22)7-9/h1-8,20-22H,(H,18,23)/b14-8-. The van der Waals surface area contributed by atoms with E-state index in [1.54, 1.807) is 12.1 Å². The smallest absolute Gasteiger partial charge is 0.285 e. The molecule has 0 aromatic heterocycles. The summed E-state index contributed by atoms with van der Waals surface area (Å²) in [5.74, 6) is -2.03. The quantitative estimate of drug-likeness (QED) is 0.363. The Labute approximate surface area is 157 Å². The fourth-order valence-electron chi connectivity index (χ4n) is 2.17. The van der Waals surface area contributed by atoms with Crippen molar-refractivity contribution in [3.8, 4) is 17.2 Å². The summed E-state index contributed by atoms with van der Waals surface area (Å²) >= 11 is 6.09. The molecular weight excluding hydrogens is 376 g/mol. The molecule has 0 saturated carbocycles. The van der Waals surface area contributed by atoms with Gasteiger partial charge in [-0.25, -0.2) is 0 Å². The van der Waals surface area contributed by atoms with Gasteiger partial charge in [0.1, 0.15) is 5.75 Å². The number of thiocarbonyl (C=S) groups is 1. The van der Waals surface area contributed by atoms with Gasteiger partial charge in [0.2, 0.25) is 0 Å². The molecule has 2 aromatic carbocycles. The lowest BCUT2D eigenvalue weighted by molar-refractivity contribution is -0.123. The molecule has 26 heavy (non-hydrogen) atoms. The van der Waals surface area contributed by atoms with Crippen LogP contribution in [0.5, 0.6) is 17.2 Å². The summed E-state index contributed by atoms with van der Waals surface area (Å²) in [6.45, 7) is 0. The molecule has 9 heteroatoms. The van der Waals surface area contributed by atoms with E-state index in [-0.39, 0.29) is 32.0 Å². The van der Waals surface area contributed by atoms with Crippen LogP contribution in [0.1, 0.15) is 15.9 Å². The summed E-state index contributed by atoms with van der Waals surface area (Å²) in [7, 11) is 0. The Morgan fingerprint density at radius 2 is 1.81 bits per heavy atom. The number of amides is 2. The molecule has 2 aromatic rings. The van der Waals surface area contributed by atoms with Crippen LogP contribution in [0.4, 0.5) is 0 Å². The van der Waals surface area contributed by atoms with Gasteiger partial charge in [-0.2, -0.15) is 5.01 Å². The third-order valence-electron chi connectivity index (χ3n) is 3.45. The van der Waals surface area contributed by atoms with Gasteiger partial charge in [-0.1, -0.05) is 30.0 Å². The summed E-state index contributed by atoms with van der Waals surface area (Å²) < 4.78 is 0.119. The number of nitrogens with zero attached hydrogens (tertiary/aromatic N) is 1. The van der Waals surface area contributed by atoms with Crippen LogP contribution in [-0.2, 0) is 4.79 Å². The van der Waals surface area contributed by atoms with Crippen LogP contribution in [0, 0.1) is 0 Å². The lowest BCUT2D eigenvalue weighted by Crippen LogP contribution is -2.44. The van der Waals surface area contributed by atoms with E-state index in [1.165, 1.54) is 36.4 Å². The Bertz CT molecular complexity index is 958. The molecule has 0 unspecified atom stereocenters. The van der Waals surface area contributed by atoms with Gasteiger partial charge >= 0.3 is 0 Å². The molecule has 1 heterocycles. The molecule has 7 nitrogen and oxygen atoms in total. The Morgan fingerprint density at radius 1 is 1.08 bits per heavy atom. The van der Waals surface area contributed by atoms with Crippen LogP contribution in [0.2, 0.25) is 0 Å². The first kappa shape index (κ1) is 17.8. The third-order valence-corrected chi connectivity index (χ3v) is 4.76. The number of para-hydroxylation sites is 1. The van der Waals surface area contributed by atoms with Crippen molar-refractivity contribution in [3.05, 3.63) is 58.5 Å². The largest absolute Gasteiger partial charge is 0.507 e. The molecule has 1 fully saturated rings. The van der Waals surface area contributed by atoms with E-state index in [9.17, 15) is 24.9 Å². The second kappa shape index (κ2) is 7.06. The van der Waals surface area contributed by atoms with E-state index in [0.717, 1.165) is 16.8 Å². The van der Waals surface area contributed by atoms with Gasteiger partial charge in [0.25, 0.3) is 11.8 Å². The SMILES string of the molecule is O=C(NN1C(=O)/C(=C/c2ccc(O)c(O)c2)SC1=S)c1ccccc1O. The average molecular weight is 388 g/mol. The number of hydrazine groups is 1. The summed E-state index contributed by atoms with van der Waals surface area (Å²) in [5.41, 5.74) is 2.85. The number of phenols is 3. The first-order valence-electron chi connectivity index (χ1n) is 7.25. The molecule has 1 saturated heterocycles. The number of aromatic hydroxyl groups is 3. The zero-order valence-corrected chi connectivity index (χ0v) is 14.7. The lowest BCUT2D eigenvalue weighted by atomic mass is 10.2. The van der Waals surface area contributed by atoms with E-state index in [1.807, 2.05) is 0 Å². The van der Waals surface area contributed by atoms with Crippen molar-refractivity contribution in [2.45, 2.75) is 0 Å². The summed E-state index contributed by atoms with van der Waals surface area (Å²) in [6, 6.07) is 10.0. The number of nitrogens with one attached hydrogen (secondary N) is 1. The van der Waals surface area contributed by atoms with Gasteiger partial charge in [0.15, 0.2) is 15.8 Å². The Morgan fingerprint density at radius 3 is 2.50 bits per heavy atom. The molecule has 4 N–H and O–H groups in total. The molecule has 0 aliphatic carbocycles. The number of carbonyl (C=O) groups is 2. The number of thioether (sulfide) groups is 1. The van der Waals surface area contributed by atoms with Crippen LogP contribution >= 0.6 is 24.0 Å². The molecule has 0 bridgehead atoms. The van der Waals surface area contributed by atoms with E-state index < -0.39 is 11.8 Å². The van der Waals surface area contributed by atoms with Crippen LogP contribution in [-0.4, -0.2) is 36.5 Å². The molecule has 3 rings (SSSR count). The number of benzene rings is 2. The molecule has 0 atom stereocenters. The van der Waals surface area contributed by atoms with E-state index in [0.29, 0.717) is 5.56 Å². The lowest BCUT2D eigenvalue weighted by Gasteiger charge is -2.16. The van der Waals surface area contributed by atoms with Gasteiger partial charge in [-0.05, 0) is 48.1 Å². The highest BCUT2D eigenvalue weighted by Crippen LogP contribution is 2.33. The van der Waals surface area contributed by atoms with Crippen LogP contribution in [0.25, 0.3) is 6.08 Å². The Hall–Kier alpha value is -3.04. The van der Waals surface area contributed by atoms with Crippen molar-refractivity contribution in [2.24, 2.45) is 0 Å². The molecule has 1 aliphatic rings. The number of carbonyl (C=O) groups excluding carboxylic acids is 2. The van der Waals surface area contributed by atoms with Crippen molar-refractivity contribution in [3.63, 3.8) is 0 Å². The Balaban J connectivity index is 1.80. The number of phenolic OH excluding ortho intramolecular Hbond substituents is 3. The first-order valence-corrected chi connectivity index (χ1v) is 8.48. The molecule has 2 amide bonds. The van der Waals surface area contributed by atoms with Crippen molar-refractivity contribution in [1.82, 2.24) is 10.4 Å². The molecule has 132 valence electrons. The summed E-state index contributed by atoms with van der Waals surface area (Å²) in [6.07, 6.45) is 1.48. The van der Waals surface area contributed by atoms with Crippen molar-refractivity contribution < 1.29 is 24.9 Å². The highest BCUT2D eigenvalue weighted by atomic mass is 32.2. The minimum absolute atomic E-state index is 0.00832. The average Bonchev–Trinajstić information content (AvgIpc) is 2.86. The van der Waals surface area contributed by atoms with Crippen molar-refractivity contribution in [2.75, 3.05) is 0 Å². The zero-order chi connectivity index (χ0) is 18.8. The van der Waals surface area contributed by atoms with Crippen LogP contribution in [0.3, 0.4) is 0 Å². The molecule has 1 aliphatic heterocycles. The van der Waals surface area contributed by atoms with Gasteiger partial charge in [-0.3, -0.25) is 15.0 Å². The molecule has 0 radical (unpaired) electrons. The predicted molar refractivity (Wildman–Crippen MR) is 100 cm³/mol. The minimum Gasteiger partial charge on any atom is -0.507 e. The van der Waals surface area contributed by atoms with E-state index in [2.05, 4.69) is 5.43 Å². The van der Waals surface area contributed by atoms with Crippen molar-refractivity contribution >= 4 is 46.2 Å². The normalized spacial score (nSPS) is 15.5. The maximum atomic E-state index is 12.5. The van der Waals surface area contributed by atoms with Crippen LogP contribution in [0.15, 0.2) is 47.4 Å². The van der Waals surface area contributed by atoms with Gasteiger partial charge in [0.05, 0.1) is 10.5 Å². The highest BCUT2D eigenvalue weighted by molar-refractivity contribution is 8.26. The van der Waals surface area contributed by atoms with E-state index in [4.69, 9.17) is 12.2 Å². The third kappa shape index (κ3) is 3.48. The maximum Gasteiger partial charge on any atom is 0.285 e. The Kier molecular flexibility index (Phi) is 4.83. The first-order chi connectivity index (χ1) is 12.4. The topological polar surface area (TPSA) is 110 Å². The molecular formula is C17H12N2O5S2. The summed E-state index contributed by atoms with van der Waals surface area (Å²) in [5, 5.41) is 29.5. The number of hydrogen-bond donors (Lipinski definition) is 4. The minimum atomic E-state index is -0.678. The van der Waals surface area contributed by atoms with Gasteiger partial charge < -0.3 is 15.3 Å². The van der Waals surface area contributed by atoms with Crippen molar-refractivity contribution in [1.29, 1.82) is 0 Å². The zero-order valence-electron chi connectivity index (χ0n) is 13.0. The summed E-state index contributed by atoms with van der Waals surface area (Å²) in [4.78, 5) is 25.0. The van der Waals surface area contributed by atoms with E-state index >= 15 is 0 Å². The predicted octanol–water partition coefficient (Wildman–Crippen LogP) is 2.35. The molecule has 0 spiro atoms. The number of rotatable bonds is 3. The fraction of sp³-hybridized carbons (Fsp3) is 0. The highest BCUT2D eigenvalue weighted by Gasteiger charge is 2.34.